The van der Waals surface area contributed by atoms with E-state index in [1.165, 1.54) is 7.11 Å². The fourth-order valence-electron chi connectivity index (χ4n) is 2.64. The van der Waals surface area contributed by atoms with Gasteiger partial charge in [0.15, 0.2) is 5.76 Å². The number of carbonyl (C=O) groups excluding carboxylic acids is 1. The number of ether oxygens (including phenoxy) is 1. The van der Waals surface area contributed by atoms with Crippen LogP contribution in [-0.2, 0) is 9.53 Å². The number of rotatable bonds is 3. The van der Waals surface area contributed by atoms with Crippen molar-refractivity contribution in [3.8, 4) is 0 Å². The topological polar surface area (TPSA) is 63.8 Å². The van der Waals surface area contributed by atoms with Crippen molar-refractivity contribution in [3.05, 3.63) is 70.3 Å². The Morgan fingerprint density at radius 1 is 1.30 bits per heavy atom. The number of furan rings is 1. The van der Waals surface area contributed by atoms with Crippen LogP contribution < -0.4 is 5.43 Å². The van der Waals surface area contributed by atoms with E-state index < -0.39 is 11.9 Å². The first-order valence-corrected chi connectivity index (χ1v) is 7.42. The lowest BCUT2D eigenvalue weighted by molar-refractivity contribution is -0.136. The number of methoxy groups -OCH3 is 1. The third-order valence-corrected chi connectivity index (χ3v) is 4.05. The van der Waals surface area contributed by atoms with E-state index in [9.17, 15) is 4.79 Å². The molecule has 0 bridgehead atoms. The zero-order valence-corrected chi connectivity index (χ0v) is 13.4. The quantitative estimate of drug-likeness (QED) is 0.875. The zero-order valence-electron chi connectivity index (χ0n) is 12.7. The number of esters is 1. The summed E-state index contributed by atoms with van der Waals surface area (Å²) in [5.74, 6) is -0.334. The first-order chi connectivity index (χ1) is 11.1. The van der Waals surface area contributed by atoms with Crippen LogP contribution >= 0.6 is 11.6 Å². The third kappa shape index (κ3) is 2.75. The summed E-state index contributed by atoms with van der Waals surface area (Å²) in [6, 6.07) is 10.9. The Morgan fingerprint density at radius 3 is 2.74 bits per heavy atom. The summed E-state index contributed by atoms with van der Waals surface area (Å²) in [5.41, 5.74) is 5.30. The lowest BCUT2D eigenvalue weighted by Crippen LogP contribution is -2.31. The largest absolute Gasteiger partial charge is 0.466 e. The molecule has 1 N–H and O–H groups in total. The maximum Gasteiger partial charge on any atom is 0.336 e. The van der Waals surface area contributed by atoms with Crippen LogP contribution in [0.3, 0.4) is 0 Å². The predicted octanol–water partition coefficient (Wildman–Crippen LogP) is 3.47. The van der Waals surface area contributed by atoms with E-state index in [0.29, 0.717) is 27.8 Å². The highest BCUT2D eigenvalue weighted by Gasteiger charge is 2.36. The zero-order chi connectivity index (χ0) is 16.4. The van der Waals surface area contributed by atoms with Gasteiger partial charge in [0.1, 0.15) is 5.71 Å². The van der Waals surface area contributed by atoms with Crippen LogP contribution in [0.4, 0.5) is 0 Å². The number of halogens is 1. The van der Waals surface area contributed by atoms with E-state index in [0.717, 1.165) is 5.56 Å². The van der Waals surface area contributed by atoms with Crippen LogP contribution in [0.1, 0.15) is 24.2 Å². The Labute approximate surface area is 138 Å². The molecule has 1 aliphatic rings. The van der Waals surface area contributed by atoms with Crippen molar-refractivity contribution in [1.29, 1.82) is 0 Å². The van der Waals surface area contributed by atoms with Gasteiger partial charge in [0.2, 0.25) is 0 Å². The van der Waals surface area contributed by atoms with Crippen molar-refractivity contribution in [3.63, 3.8) is 0 Å². The average Bonchev–Trinajstić information content (AvgIpc) is 3.08. The molecule has 1 aromatic carbocycles. The summed E-state index contributed by atoms with van der Waals surface area (Å²) in [6.07, 6.45) is 1.56. The molecule has 0 saturated carbocycles. The SMILES string of the molecule is COC(=O)C1=C(C)NN=C(c2ccco2)C1c1ccccc1Cl. The van der Waals surface area contributed by atoms with Gasteiger partial charge in [-0.05, 0) is 30.7 Å². The summed E-state index contributed by atoms with van der Waals surface area (Å²) in [4.78, 5) is 12.3. The van der Waals surface area contributed by atoms with Crippen molar-refractivity contribution in [2.24, 2.45) is 5.10 Å². The van der Waals surface area contributed by atoms with E-state index in [1.807, 2.05) is 18.2 Å². The molecule has 6 heteroatoms. The number of hydrogen-bond donors (Lipinski definition) is 1. The van der Waals surface area contributed by atoms with Gasteiger partial charge in [0.05, 0.1) is 24.9 Å². The van der Waals surface area contributed by atoms with Crippen LogP contribution in [0.5, 0.6) is 0 Å². The minimum Gasteiger partial charge on any atom is -0.466 e. The van der Waals surface area contributed by atoms with Crippen molar-refractivity contribution >= 4 is 23.3 Å². The van der Waals surface area contributed by atoms with Gasteiger partial charge in [-0.2, -0.15) is 5.10 Å². The number of benzene rings is 1. The van der Waals surface area contributed by atoms with Crippen LogP contribution in [0.15, 0.2) is 63.5 Å². The highest BCUT2D eigenvalue weighted by Crippen LogP contribution is 2.37. The summed E-state index contributed by atoms with van der Waals surface area (Å²) in [5, 5.41) is 4.92. The van der Waals surface area contributed by atoms with Crippen LogP contribution in [-0.4, -0.2) is 18.8 Å². The summed E-state index contributed by atoms with van der Waals surface area (Å²) >= 11 is 6.36. The molecule has 0 aliphatic carbocycles. The molecular formula is C17H15ClN2O3. The average molecular weight is 331 g/mol. The smallest absolute Gasteiger partial charge is 0.336 e. The molecule has 0 fully saturated rings. The van der Waals surface area contributed by atoms with Gasteiger partial charge in [-0.3, -0.25) is 5.43 Å². The van der Waals surface area contributed by atoms with Gasteiger partial charge in [-0.25, -0.2) is 4.79 Å². The van der Waals surface area contributed by atoms with Gasteiger partial charge in [0, 0.05) is 10.7 Å². The third-order valence-electron chi connectivity index (χ3n) is 3.71. The number of allylic oxidation sites excluding steroid dienone is 1. The number of hydrogen-bond acceptors (Lipinski definition) is 5. The van der Waals surface area contributed by atoms with E-state index in [1.54, 1.807) is 31.4 Å². The summed E-state index contributed by atoms with van der Waals surface area (Å²) in [7, 11) is 1.35. The fraction of sp³-hybridized carbons (Fsp3) is 0.176. The first kappa shape index (κ1) is 15.4. The molecule has 1 unspecified atom stereocenters. The molecule has 118 valence electrons. The number of carbonyl (C=O) groups is 1. The molecule has 1 aliphatic heterocycles. The first-order valence-electron chi connectivity index (χ1n) is 7.04. The Bertz CT molecular complexity index is 794. The molecule has 1 aromatic heterocycles. The minimum absolute atomic E-state index is 0.432. The maximum atomic E-state index is 12.3. The molecule has 2 aromatic rings. The van der Waals surface area contributed by atoms with Crippen LogP contribution in [0.25, 0.3) is 0 Å². The predicted molar refractivity (Wildman–Crippen MR) is 87.3 cm³/mol. The van der Waals surface area contributed by atoms with Gasteiger partial charge in [0.25, 0.3) is 0 Å². The highest BCUT2D eigenvalue weighted by molar-refractivity contribution is 6.32. The van der Waals surface area contributed by atoms with Crippen LogP contribution in [0, 0.1) is 0 Å². The molecule has 0 radical (unpaired) electrons. The Hall–Kier alpha value is -2.53. The number of nitrogens with one attached hydrogen (secondary N) is 1. The van der Waals surface area contributed by atoms with Crippen molar-refractivity contribution in [1.82, 2.24) is 5.43 Å². The Kier molecular flexibility index (Phi) is 4.21. The second-order valence-electron chi connectivity index (χ2n) is 5.07. The molecule has 5 nitrogen and oxygen atoms in total. The summed E-state index contributed by atoms with van der Waals surface area (Å²) in [6.45, 7) is 1.78. The maximum absolute atomic E-state index is 12.3. The van der Waals surface area contributed by atoms with E-state index in [-0.39, 0.29) is 0 Å². The number of hydrazone groups is 1. The molecule has 2 heterocycles. The Morgan fingerprint density at radius 2 is 2.09 bits per heavy atom. The van der Waals surface area contributed by atoms with Crippen molar-refractivity contribution in [2.75, 3.05) is 7.11 Å². The molecule has 1 atom stereocenters. The second-order valence-corrected chi connectivity index (χ2v) is 5.48. The number of nitrogens with zero attached hydrogens (tertiary/aromatic N) is 1. The lowest BCUT2D eigenvalue weighted by atomic mass is 9.84. The van der Waals surface area contributed by atoms with Gasteiger partial charge in [-0.15, -0.1) is 0 Å². The molecule has 3 rings (SSSR count). The fourth-order valence-corrected chi connectivity index (χ4v) is 2.88. The standard InChI is InChI=1S/C17H15ClN2O3/c1-10-14(17(21)22-2)15(11-6-3-4-7-12(11)18)16(20-19-10)13-8-5-9-23-13/h3-9,15,19H,1-2H3. The molecule has 23 heavy (non-hydrogen) atoms. The summed E-state index contributed by atoms with van der Waals surface area (Å²) < 4.78 is 10.4. The normalized spacial score (nSPS) is 17.5. The molecule has 0 spiro atoms. The second kappa shape index (κ2) is 6.30. The van der Waals surface area contributed by atoms with Gasteiger partial charge in [-0.1, -0.05) is 29.8 Å². The monoisotopic (exact) mass is 330 g/mol. The molecular weight excluding hydrogens is 316 g/mol. The van der Waals surface area contributed by atoms with Crippen molar-refractivity contribution in [2.45, 2.75) is 12.8 Å². The molecule has 0 saturated heterocycles. The van der Waals surface area contributed by atoms with Gasteiger partial charge < -0.3 is 9.15 Å². The van der Waals surface area contributed by atoms with E-state index in [2.05, 4.69) is 10.5 Å². The van der Waals surface area contributed by atoms with E-state index >= 15 is 0 Å². The van der Waals surface area contributed by atoms with Crippen LogP contribution in [0.2, 0.25) is 5.02 Å². The lowest BCUT2D eigenvalue weighted by Gasteiger charge is -2.26. The van der Waals surface area contributed by atoms with Crippen molar-refractivity contribution < 1.29 is 13.9 Å². The molecule has 0 amide bonds. The van der Waals surface area contributed by atoms with E-state index in [4.69, 9.17) is 20.8 Å². The Balaban J connectivity index is 2.19. The highest BCUT2D eigenvalue weighted by atomic mass is 35.5. The minimum atomic E-state index is -0.469. The van der Waals surface area contributed by atoms with Gasteiger partial charge >= 0.3 is 5.97 Å².